The summed E-state index contributed by atoms with van der Waals surface area (Å²) in [6, 6.07) is 0.755. The quantitative estimate of drug-likeness (QED) is 0.573. The number of nitrogens with one attached hydrogen (secondary N) is 2. The Hall–Kier alpha value is -0.0800. The molecule has 0 aliphatic carbocycles. The molecule has 0 radical (unpaired) electrons. The predicted octanol–water partition coefficient (Wildman–Crippen LogP) is 0.348. The summed E-state index contributed by atoms with van der Waals surface area (Å²) in [5, 5.41) is 6.79. The van der Waals surface area contributed by atoms with Crippen LogP contribution in [0.2, 0.25) is 0 Å². The van der Waals surface area contributed by atoms with Crippen molar-refractivity contribution in [2.75, 3.05) is 19.6 Å². The number of hydrogen-bond donors (Lipinski definition) is 2. The summed E-state index contributed by atoms with van der Waals surface area (Å²) in [4.78, 5) is 0. The van der Waals surface area contributed by atoms with Crippen LogP contribution in [-0.2, 0) is 0 Å². The highest BCUT2D eigenvalue weighted by Crippen LogP contribution is 1.95. The highest BCUT2D eigenvalue weighted by atomic mass is 15.0. The Bertz CT molecular complexity index is 67.3. The van der Waals surface area contributed by atoms with Crippen LogP contribution in [0, 0.1) is 0 Å². The van der Waals surface area contributed by atoms with Gasteiger partial charge in [0.2, 0.25) is 0 Å². The summed E-state index contributed by atoms with van der Waals surface area (Å²) in [6.07, 6.45) is 2.55. The highest BCUT2D eigenvalue weighted by molar-refractivity contribution is 4.76. The zero-order chi connectivity index (χ0) is 6.53. The van der Waals surface area contributed by atoms with Gasteiger partial charge in [-0.1, -0.05) is 6.92 Å². The molecule has 0 spiro atoms. The van der Waals surface area contributed by atoms with Crippen LogP contribution in [0.25, 0.3) is 0 Å². The molecule has 54 valence electrons. The minimum atomic E-state index is 0.755. The first-order valence-corrected chi connectivity index (χ1v) is 3.87. The van der Waals surface area contributed by atoms with E-state index in [1.165, 1.54) is 32.5 Å². The number of hydrogen-bond acceptors (Lipinski definition) is 2. The van der Waals surface area contributed by atoms with Gasteiger partial charge in [-0.15, -0.1) is 0 Å². The van der Waals surface area contributed by atoms with Crippen molar-refractivity contribution < 1.29 is 0 Å². The van der Waals surface area contributed by atoms with Gasteiger partial charge in [-0.3, -0.25) is 0 Å². The number of rotatable bonds is 3. The van der Waals surface area contributed by atoms with E-state index in [2.05, 4.69) is 17.6 Å². The van der Waals surface area contributed by atoms with Gasteiger partial charge in [-0.25, -0.2) is 0 Å². The van der Waals surface area contributed by atoms with Crippen LogP contribution in [-0.4, -0.2) is 25.7 Å². The van der Waals surface area contributed by atoms with Crippen LogP contribution < -0.4 is 10.6 Å². The molecule has 0 bridgehead atoms. The fourth-order valence-electron chi connectivity index (χ4n) is 1.18. The van der Waals surface area contributed by atoms with Crippen molar-refractivity contribution >= 4 is 0 Å². The lowest BCUT2D eigenvalue weighted by molar-refractivity contribution is 0.545. The van der Waals surface area contributed by atoms with Gasteiger partial charge < -0.3 is 10.6 Å². The highest BCUT2D eigenvalue weighted by Gasteiger charge is 2.11. The molecule has 1 aliphatic rings. The van der Waals surface area contributed by atoms with Crippen molar-refractivity contribution in [3.63, 3.8) is 0 Å². The molecule has 2 nitrogen and oxygen atoms in total. The average Bonchev–Trinajstić information content (AvgIpc) is 2.34. The second-order valence-corrected chi connectivity index (χ2v) is 2.64. The predicted molar refractivity (Wildman–Crippen MR) is 39.6 cm³/mol. The second-order valence-electron chi connectivity index (χ2n) is 2.64. The van der Waals surface area contributed by atoms with Gasteiger partial charge in [-0.2, -0.15) is 0 Å². The minimum absolute atomic E-state index is 0.755. The Morgan fingerprint density at radius 1 is 1.67 bits per heavy atom. The molecular formula is C7H16N2. The molecule has 1 rings (SSSR count). The minimum Gasteiger partial charge on any atom is -0.315 e. The lowest BCUT2D eigenvalue weighted by atomic mass is 10.2. The maximum Gasteiger partial charge on any atom is 0.0204 e. The third kappa shape index (κ3) is 2.33. The van der Waals surface area contributed by atoms with Gasteiger partial charge in [-0.05, 0) is 25.9 Å². The molecule has 9 heavy (non-hydrogen) atoms. The SMILES string of the molecule is CCCN[C@@H]1CCNC1. The van der Waals surface area contributed by atoms with E-state index in [1.807, 2.05) is 0 Å². The van der Waals surface area contributed by atoms with E-state index < -0.39 is 0 Å². The third-order valence-corrected chi connectivity index (χ3v) is 1.74. The van der Waals surface area contributed by atoms with Gasteiger partial charge in [0.05, 0.1) is 0 Å². The van der Waals surface area contributed by atoms with Crippen LogP contribution in [0.15, 0.2) is 0 Å². The fraction of sp³-hybridized carbons (Fsp3) is 1.00. The maximum absolute atomic E-state index is 3.47. The van der Waals surface area contributed by atoms with Crippen molar-refractivity contribution in [3.8, 4) is 0 Å². The topological polar surface area (TPSA) is 24.1 Å². The van der Waals surface area contributed by atoms with E-state index in [1.54, 1.807) is 0 Å². The normalized spacial score (nSPS) is 27.0. The summed E-state index contributed by atoms with van der Waals surface area (Å²) in [7, 11) is 0. The zero-order valence-corrected chi connectivity index (χ0v) is 6.11. The van der Waals surface area contributed by atoms with Crippen molar-refractivity contribution in [3.05, 3.63) is 0 Å². The first-order chi connectivity index (χ1) is 4.43. The third-order valence-electron chi connectivity index (χ3n) is 1.74. The molecule has 0 amide bonds. The Balaban J connectivity index is 1.98. The van der Waals surface area contributed by atoms with E-state index in [0.29, 0.717) is 0 Å². The van der Waals surface area contributed by atoms with Crippen LogP contribution >= 0.6 is 0 Å². The molecule has 1 heterocycles. The molecular weight excluding hydrogens is 112 g/mol. The average molecular weight is 128 g/mol. The standard InChI is InChI=1S/C7H16N2/c1-2-4-9-7-3-5-8-6-7/h7-9H,2-6H2,1H3/t7-/m1/s1. The molecule has 0 unspecified atom stereocenters. The van der Waals surface area contributed by atoms with E-state index in [4.69, 9.17) is 0 Å². The van der Waals surface area contributed by atoms with Crippen molar-refractivity contribution in [2.24, 2.45) is 0 Å². The Kier molecular flexibility index (Phi) is 3.01. The Morgan fingerprint density at radius 2 is 2.56 bits per heavy atom. The van der Waals surface area contributed by atoms with Crippen LogP contribution in [0.3, 0.4) is 0 Å². The molecule has 1 atom stereocenters. The first kappa shape index (κ1) is 7.03. The summed E-state index contributed by atoms with van der Waals surface area (Å²) in [6.45, 7) is 5.74. The molecule has 1 fully saturated rings. The molecule has 1 saturated heterocycles. The molecule has 2 N–H and O–H groups in total. The lowest BCUT2D eigenvalue weighted by Gasteiger charge is -2.08. The second kappa shape index (κ2) is 3.85. The largest absolute Gasteiger partial charge is 0.315 e. The summed E-state index contributed by atoms with van der Waals surface area (Å²) in [5.74, 6) is 0. The Labute approximate surface area is 57.0 Å². The van der Waals surface area contributed by atoms with Gasteiger partial charge in [0.15, 0.2) is 0 Å². The molecule has 0 aromatic carbocycles. The first-order valence-electron chi connectivity index (χ1n) is 3.87. The van der Waals surface area contributed by atoms with E-state index >= 15 is 0 Å². The molecule has 1 aliphatic heterocycles. The van der Waals surface area contributed by atoms with Gasteiger partial charge in [0.25, 0.3) is 0 Å². The van der Waals surface area contributed by atoms with Crippen LogP contribution in [0.4, 0.5) is 0 Å². The van der Waals surface area contributed by atoms with Gasteiger partial charge in [0.1, 0.15) is 0 Å². The van der Waals surface area contributed by atoms with E-state index in [9.17, 15) is 0 Å². The summed E-state index contributed by atoms with van der Waals surface area (Å²) in [5.41, 5.74) is 0. The van der Waals surface area contributed by atoms with Crippen LogP contribution in [0.1, 0.15) is 19.8 Å². The molecule has 0 aromatic rings. The summed E-state index contributed by atoms with van der Waals surface area (Å²) >= 11 is 0. The van der Waals surface area contributed by atoms with E-state index in [-0.39, 0.29) is 0 Å². The van der Waals surface area contributed by atoms with Gasteiger partial charge in [0, 0.05) is 12.6 Å². The van der Waals surface area contributed by atoms with E-state index in [0.717, 1.165) is 6.04 Å². The van der Waals surface area contributed by atoms with Crippen molar-refractivity contribution in [1.82, 2.24) is 10.6 Å². The monoisotopic (exact) mass is 128 g/mol. The lowest BCUT2D eigenvalue weighted by Crippen LogP contribution is -2.31. The van der Waals surface area contributed by atoms with Crippen LogP contribution in [0.5, 0.6) is 0 Å². The molecule has 2 heteroatoms. The van der Waals surface area contributed by atoms with Crippen molar-refractivity contribution in [2.45, 2.75) is 25.8 Å². The summed E-state index contributed by atoms with van der Waals surface area (Å²) < 4.78 is 0. The molecule has 0 saturated carbocycles. The fourth-order valence-corrected chi connectivity index (χ4v) is 1.18. The maximum atomic E-state index is 3.47. The Morgan fingerprint density at radius 3 is 3.11 bits per heavy atom. The molecule has 0 aromatic heterocycles. The smallest absolute Gasteiger partial charge is 0.0204 e. The van der Waals surface area contributed by atoms with Crippen molar-refractivity contribution in [1.29, 1.82) is 0 Å². The van der Waals surface area contributed by atoms with Gasteiger partial charge >= 0.3 is 0 Å². The zero-order valence-electron chi connectivity index (χ0n) is 6.11.